The van der Waals surface area contributed by atoms with Gasteiger partial charge < -0.3 is 15.0 Å². The van der Waals surface area contributed by atoms with Crippen LogP contribution < -0.4 is 5.32 Å². The number of halogens is 1. The lowest BCUT2D eigenvalue weighted by molar-refractivity contribution is -0.116. The summed E-state index contributed by atoms with van der Waals surface area (Å²) in [5.74, 6) is 0.232. The molecule has 0 atom stereocenters. The van der Waals surface area contributed by atoms with Crippen molar-refractivity contribution in [1.82, 2.24) is 14.9 Å². The van der Waals surface area contributed by atoms with E-state index >= 15 is 0 Å². The number of amides is 2. The van der Waals surface area contributed by atoms with Crippen molar-refractivity contribution < 1.29 is 14.3 Å². The zero-order valence-electron chi connectivity index (χ0n) is 12.9. The molecule has 8 heteroatoms. The van der Waals surface area contributed by atoms with E-state index in [9.17, 15) is 9.59 Å². The molecule has 2 heterocycles. The highest BCUT2D eigenvalue weighted by molar-refractivity contribution is 6.29. The van der Waals surface area contributed by atoms with Crippen LogP contribution in [0, 0.1) is 0 Å². The molecule has 0 aliphatic rings. The molecule has 2 aromatic heterocycles. The smallest absolute Gasteiger partial charge is 0.409 e. The van der Waals surface area contributed by atoms with Crippen LogP contribution in [-0.2, 0) is 9.53 Å². The van der Waals surface area contributed by atoms with Crippen molar-refractivity contribution in [1.29, 1.82) is 0 Å². The number of hydrogen-bond acceptors (Lipinski definition) is 5. The highest BCUT2D eigenvalue weighted by atomic mass is 35.5. The summed E-state index contributed by atoms with van der Waals surface area (Å²) < 4.78 is 4.57. The normalized spacial score (nSPS) is 10.4. The highest BCUT2D eigenvalue weighted by Crippen LogP contribution is 2.16. The zero-order chi connectivity index (χ0) is 16.8. The number of fused-ring (bicyclic) bond motifs is 1. The second-order valence-corrected chi connectivity index (χ2v) is 5.31. The van der Waals surface area contributed by atoms with Crippen LogP contribution in [0.2, 0.25) is 5.15 Å². The second kappa shape index (κ2) is 7.73. The van der Waals surface area contributed by atoms with E-state index in [4.69, 9.17) is 11.6 Å². The maximum absolute atomic E-state index is 11.9. The van der Waals surface area contributed by atoms with Crippen molar-refractivity contribution in [3.05, 3.63) is 29.4 Å². The van der Waals surface area contributed by atoms with Gasteiger partial charge in [-0.2, -0.15) is 0 Å². The van der Waals surface area contributed by atoms with Gasteiger partial charge in [0.2, 0.25) is 5.91 Å². The molecule has 0 fully saturated rings. The van der Waals surface area contributed by atoms with Gasteiger partial charge in [-0.1, -0.05) is 11.6 Å². The number of hydrogen-bond donors (Lipinski definition) is 1. The van der Waals surface area contributed by atoms with Gasteiger partial charge in [0.1, 0.15) is 11.0 Å². The number of methoxy groups -OCH3 is 1. The third-order valence-corrected chi connectivity index (χ3v) is 3.38. The molecular formula is C15H17ClN4O3. The summed E-state index contributed by atoms with van der Waals surface area (Å²) in [5, 5.41) is 3.89. The number of pyridine rings is 2. The van der Waals surface area contributed by atoms with E-state index in [1.807, 2.05) is 12.1 Å². The van der Waals surface area contributed by atoms with Gasteiger partial charge in [-0.3, -0.25) is 4.79 Å². The molecule has 2 aromatic rings. The molecule has 1 N–H and O–H groups in total. The maximum atomic E-state index is 11.9. The van der Waals surface area contributed by atoms with Crippen LogP contribution in [-0.4, -0.2) is 47.6 Å². The Morgan fingerprint density at radius 3 is 2.74 bits per heavy atom. The van der Waals surface area contributed by atoms with Crippen LogP contribution in [0.3, 0.4) is 0 Å². The topological polar surface area (TPSA) is 84.4 Å². The SMILES string of the molecule is COC(=O)N(C)CCCC(=O)Nc1ccc2ccc(Cl)nc2n1. The standard InChI is InChI=1S/C15H17ClN4O3/c1-20(15(22)23-2)9-3-4-13(21)18-12-8-6-10-5-7-11(16)17-14(10)19-12/h5-8H,3-4,9H2,1-2H3,(H,17,18,19,21). The highest BCUT2D eigenvalue weighted by Gasteiger charge is 2.09. The van der Waals surface area contributed by atoms with Crippen LogP contribution in [0.4, 0.5) is 10.6 Å². The minimum Gasteiger partial charge on any atom is -0.453 e. The number of ether oxygens (including phenoxy) is 1. The molecule has 0 bridgehead atoms. The molecule has 0 aromatic carbocycles. The fourth-order valence-corrected chi connectivity index (χ4v) is 2.12. The molecule has 0 unspecified atom stereocenters. The molecule has 0 saturated heterocycles. The Morgan fingerprint density at radius 1 is 1.26 bits per heavy atom. The minimum atomic E-state index is -0.426. The summed E-state index contributed by atoms with van der Waals surface area (Å²) in [6, 6.07) is 7.01. The fourth-order valence-electron chi connectivity index (χ4n) is 1.97. The predicted octanol–water partition coefficient (Wildman–Crippen LogP) is 2.70. The van der Waals surface area contributed by atoms with E-state index in [1.54, 1.807) is 19.2 Å². The summed E-state index contributed by atoms with van der Waals surface area (Å²) in [6.07, 6.45) is 0.364. The molecule has 7 nitrogen and oxygen atoms in total. The third kappa shape index (κ3) is 4.79. The first-order valence-corrected chi connectivity index (χ1v) is 7.39. The Morgan fingerprint density at radius 2 is 2.00 bits per heavy atom. The van der Waals surface area contributed by atoms with E-state index in [0.717, 1.165) is 5.39 Å². The van der Waals surface area contributed by atoms with Crippen LogP contribution in [0.5, 0.6) is 0 Å². The Hall–Kier alpha value is -2.41. The Bertz CT molecular complexity index is 723. The molecule has 122 valence electrons. The van der Waals surface area contributed by atoms with E-state index in [-0.39, 0.29) is 12.3 Å². The summed E-state index contributed by atoms with van der Waals surface area (Å²) in [4.78, 5) is 32.9. The van der Waals surface area contributed by atoms with E-state index in [2.05, 4.69) is 20.0 Å². The molecule has 0 saturated carbocycles. The Balaban J connectivity index is 1.89. The lowest BCUT2D eigenvalue weighted by atomic mass is 10.2. The summed E-state index contributed by atoms with van der Waals surface area (Å²) in [7, 11) is 2.93. The zero-order valence-corrected chi connectivity index (χ0v) is 13.6. The third-order valence-electron chi connectivity index (χ3n) is 3.17. The van der Waals surface area contributed by atoms with Crippen LogP contribution in [0.25, 0.3) is 11.0 Å². The molecule has 2 rings (SSSR count). The van der Waals surface area contributed by atoms with Gasteiger partial charge in [-0.15, -0.1) is 0 Å². The van der Waals surface area contributed by atoms with Crippen LogP contribution >= 0.6 is 11.6 Å². The molecule has 23 heavy (non-hydrogen) atoms. The van der Waals surface area contributed by atoms with Gasteiger partial charge in [0.05, 0.1) is 7.11 Å². The number of nitrogens with one attached hydrogen (secondary N) is 1. The molecule has 2 amide bonds. The second-order valence-electron chi connectivity index (χ2n) is 4.92. The first-order chi connectivity index (χ1) is 11.0. The van der Waals surface area contributed by atoms with E-state index in [1.165, 1.54) is 12.0 Å². The first kappa shape index (κ1) is 17.0. The minimum absolute atomic E-state index is 0.183. The molecule has 0 radical (unpaired) electrons. The number of carbonyl (C=O) groups is 2. The van der Waals surface area contributed by atoms with Crippen LogP contribution in [0.15, 0.2) is 24.3 Å². The number of rotatable bonds is 5. The van der Waals surface area contributed by atoms with Gasteiger partial charge in [-0.25, -0.2) is 14.8 Å². The average Bonchev–Trinajstić information content (AvgIpc) is 2.53. The van der Waals surface area contributed by atoms with Crippen molar-refractivity contribution >= 4 is 40.5 Å². The number of aromatic nitrogens is 2. The lowest BCUT2D eigenvalue weighted by Gasteiger charge is -2.14. The number of anilines is 1. The van der Waals surface area contributed by atoms with Gasteiger partial charge >= 0.3 is 6.09 Å². The van der Waals surface area contributed by atoms with Crippen molar-refractivity contribution in [2.75, 3.05) is 26.0 Å². The van der Waals surface area contributed by atoms with Crippen LogP contribution in [0.1, 0.15) is 12.8 Å². The van der Waals surface area contributed by atoms with E-state index in [0.29, 0.717) is 29.6 Å². The quantitative estimate of drug-likeness (QED) is 0.848. The Labute approximate surface area is 138 Å². The number of carbonyl (C=O) groups excluding carboxylic acids is 2. The molecule has 0 spiro atoms. The largest absolute Gasteiger partial charge is 0.453 e. The summed E-state index contributed by atoms with van der Waals surface area (Å²) in [6.45, 7) is 0.433. The van der Waals surface area contributed by atoms with Crippen molar-refractivity contribution in [2.24, 2.45) is 0 Å². The number of nitrogens with zero attached hydrogens (tertiary/aromatic N) is 3. The van der Waals surface area contributed by atoms with E-state index < -0.39 is 6.09 Å². The molecule has 0 aliphatic heterocycles. The monoisotopic (exact) mass is 336 g/mol. The van der Waals surface area contributed by atoms with Crippen molar-refractivity contribution in [3.63, 3.8) is 0 Å². The predicted molar refractivity (Wildman–Crippen MR) is 87.4 cm³/mol. The maximum Gasteiger partial charge on any atom is 0.409 e. The van der Waals surface area contributed by atoms with Crippen molar-refractivity contribution in [3.8, 4) is 0 Å². The van der Waals surface area contributed by atoms with Gasteiger partial charge in [0.15, 0.2) is 5.65 Å². The summed E-state index contributed by atoms with van der Waals surface area (Å²) >= 11 is 5.83. The van der Waals surface area contributed by atoms with Gasteiger partial charge in [0, 0.05) is 25.4 Å². The van der Waals surface area contributed by atoms with Gasteiger partial charge in [0.25, 0.3) is 0 Å². The molecule has 0 aliphatic carbocycles. The molecular weight excluding hydrogens is 320 g/mol. The van der Waals surface area contributed by atoms with Crippen molar-refractivity contribution in [2.45, 2.75) is 12.8 Å². The fraction of sp³-hybridized carbons (Fsp3) is 0.333. The summed E-state index contributed by atoms with van der Waals surface area (Å²) in [5.41, 5.74) is 0.473. The first-order valence-electron chi connectivity index (χ1n) is 7.02. The average molecular weight is 337 g/mol. The van der Waals surface area contributed by atoms with Gasteiger partial charge in [-0.05, 0) is 30.7 Å². The lowest BCUT2D eigenvalue weighted by Crippen LogP contribution is -2.28. The Kier molecular flexibility index (Phi) is 5.70.